The van der Waals surface area contributed by atoms with Gasteiger partial charge in [0.15, 0.2) is 17.9 Å². The molecule has 4 aromatic rings. The van der Waals surface area contributed by atoms with Crippen molar-refractivity contribution in [1.82, 2.24) is 8.54 Å². The number of oxazole rings is 1. The molecule has 4 rings (SSSR count). The van der Waals surface area contributed by atoms with Crippen LogP contribution in [0.5, 0.6) is 5.75 Å². The average molecular weight is 452 g/mol. The minimum Gasteiger partial charge on any atom is -0.406 e. The summed E-state index contributed by atoms with van der Waals surface area (Å²) in [4.78, 5) is 24.4. The summed E-state index contributed by atoms with van der Waals surface area (Å²) >= 11 is -0.289. The van der Waals surface area contributed by atoms with E-state index in [0.717, 1.165) is 16.1 Å². The van der Waals surface area contributed by atoms with E-state index in [9.17, 15) is 26.6 Å². The predicted molar refractivity (Wildman–Crippen MR) is 107 cm³/mol. The lowest BCUT2D eigenvalue weighted by Crippen LogP contribution is -2.19. The van der Waals surface area contributed by atoms with Gasteiger partial charge in [0.2, 0.25) is 0 Å². The molecule has 6 nitrogen and oxygen atoms in total. The maximum Gasteiger partial charge on any atom is 0.573 e. The van der Waals surface area contributed by atoms with Crippen LogP contribution in [0.2, 0.25) is 0 Å². The van der Waals surface area contributed by atoms with Crippen LogP contribution in [0.15, 0.2) is 68.7 Å². The lowest BCUT2D eigenvalue weighted by atomic mass is 10.0. The fraction of sp³-hybridized carbons (Fsp3) is 0.100. The van der Waals surface area contributed by atoms with Crippen LogP contribution in [-0.2, 0) is 0 Å². The van der Waals surface area contributed by atoms with Crippen LogP contribution in [0.25, 0.3) is 27.9 Å². The average Bonchev–Trinajstić information content (AvgIpc) is 3.03. The summed E-state index contributed by atoms with van der Waals surface area (Å²) in [5.41, 5.74) is 1.77. The minimum atomic E-state index is -4.83. The van der Waals surface area contributed by atoms with Crippen LogP contribution < -0.4 is 16.1 Å². The Labute approximate surface area is 175 Å². The van der Waals surface area contributed by atoms with Gasteiger partial charge in [-0.05, 0) is 42.8 Å². The predicted octanol–water partition coefficient (Wildman–Crippen LogP) is 5.00. The van der Waals surface area contributed by atoms with Crippen molar-refractivity contribution >= 4 is 23.4 Å². The Morgan fingerprint density at radius 1 is 1.03 bits per heavy atom. The molecule has 0 aliphatic carbocycles. The van der Waals surface area contributed by atoms with E-state index < -0.39 is 23.4 Å². The summed E-state index contributed by atoms with van der Waals surface area (Å²) in [6.07, 6.45) is -3.35. The van der Waals surface area contributed by atoms with E-state index in [0.29, 0.717) is 22.4 Å². The molecule has 0 N–H and O–H groups in total. The molecule has 0 spiro atoms. The van der Waals surface area contributed by atoms with Crippen molar-refractivity contribution in [2.24, 2.45) is 0 Å². The van der Waals surface area contributed by atoms with Crippen LogP contribution in [0.1, 0.15) is 5.56 Å². The molecule has 2 aromatic heterocycles. The molecule has 2 heterocycles. The minimum absolute atomic E-state index is 0.139. The van der Waals surface area contributed by atoms with E-state index in [-0.39, 0.29) is 23.4 Å². The Morgan fingerprint density at radius 2 is 1.74 bits per heavy atom. The van der Waals surface area contributed by atoms with Crippen molar-refractivity contribution in [3.63, 3.8) is 0 Å². The van der Waals surface area contributed by atoms with Crippen molar-refractivity contribution in [3.05, 3.63) is 81.2 Å². The van der Waals surface area contributed by atoms with Crippen molar-refractivity contribution in [1.29, 1.82) is 0 Å². The second-order valence-corrected chi connectivity index (χ2v) is 7.01. The lowest BCUT2D eigenvalue weighted by Gasteiger charge is -2.13. The lowest BCUT2D eigenvalue weighted by molar-refractivity contribution is -0.274. The number of aryl methyl sites for hydroxylation is 1. The summed E-state index contributed by atoms with van der Waals surface area (Å²) in [6, 6.07) is 10.9. The first-order valence-electron chi connectivity index (χ1n) is 8.71. The fourth-order valence-electron chi connectivity index (χ4n) is 3.22. The Kier molecular flexibility index (Phi) is 5.13. The number of para-hydroxylation sites is 1. The van der Waals surface area contributed by atoms with Crippen LogP contribution in [0, 0.1) is 6.92 Å². The van der Waals surface area contributed by atoms with Crippen LogP contribution in [0.3, 0.4) is 0 Å². The van der Waals surface area contributed by atoms with Gasteiger partial charge >= 0.3 is 12.1 Å². The third-order valence-corrected chi connectivity index (χ3v) is 5.02. The van der Waals surface area contributed by atoms with Crippen LogP contribution in [-0.4, -0.2) is 14.9 Å². The third kappa shape index (κ3) is 3.96. The molecule has 0 saturated heterocycles. The van der Waals surface area contributed by atoms with Gasteiger partial charge in [0.05, 0.1) is 0 Å². The number of rotatable bonds is 4. The molecule has 11 heteroatoms. The zero-order chi connectivity index (χ0) is 22.3. The summed E-state index contributed by atoms with van der Waals surface area (Å²) in [6.45, 7) is 1.68. The maximum absolute atomic E-state index is 13.1. The molecule has 0 atom stereocenters. The molecule has 0 saturated carbocycles. The first-order valence-corrected chi connectivity index (χ1v) is 9.39. The molecule has 0 radical (unpaired) electrons. The van der Waals surface area contributed by atoms with Crippen molar-refractivity contribution in [3.8, 4) is 22.6 Å². The molecule has 0 unspecified atom stereocenters. The number of pyridine rings is 1. The number of alkyl halides is 3. The van der Waals surface area contributed by atoms with Gasteiger partial charge in [-0.25, -0.2) is 4.79 Å². The zero-order valence-corrected chi connectivity index (χ0v) is 16.5. The highest BCUT2D eigenvalue weighted by Gasteiger charge is 2.31. The topological polar surface area (TPSA) is 66.4 Å². The molecular weight excluding hydrogens is 440 g/mol. The van der Waals surface area contributed by atoms with E-state index in [1.54, 1.807) is 19.1 Å². The van der Waals surface area contributed by atoms with Gasteiger partial charge in [-0.3, -0.25) is 9.36 Å². The second-order valence-electron chi connectivity index (χ2n) is 6.51. The largest absolute Gasteiger partial charge is 0.573 e. The molecule has 31 heavy (non-hydrogen) atoms. The molecule has 0 bridgehead atoms. The van der Waals surface area contributed by atoms with E-state index in [4.69, 9.17) is 4.42 Å². The molecule has 0 aliphatic rings. The van der Waals surface area contributed by atoms with Crippen LogP contribution in [0.4, 0.5) is 17.1 Å². The quantitative estimate of drug-likeness (QED) is 0.408. The summed E-state index contributed by atoms with van der Waals surface area (Å²) < 4.78 is 61.3. The van der Waals surface area contributed by atoms with E-state index >= 15 is 0 Å². The summed E-state index contributed by atoms with van der Waals surface area (Å²) in [5.74, 6) is -1.31. The first kappa shape index (κ1) is 20.8. The number of aromatic nitrogens is 2. The van der Waals surface area contributed by atoms with E-state index in [1.165, 1.54) is 35.0 Å². The maximum atomic E-state index is 13.1. The SMILES string of the molecule is Cc1cc(=O)n(-c2ccc(OC(F)(F)F)cc2)cc1-c1cccc2c1oc(=O)n2SF. The fourth-order valence-corrected chi connectivity index (χ4v) is 3.53. The highest BCUT2D eigenvalue weighted by Crippen LogP contribution is 2.32. The summed E-state index contributed by atoms with van der Waals surface area (Å²) in [5, 5.41) is 0. The van der Waals surface area contributed by atoms with Gasteiger partial charge in [-0.2, -0.15) is 3.97 Å². The number of ether oxygens (including phenoxy) is 1. The van der Waals surface area contributed by atoms with Crippen molar-refractivity contribution in [2.45, 2.75) is 13.3 Å². The van der Waals surface area contributed by atoms with E-state index in [2.05, 4.69) is 4.74 Å². The van der Waals surface area contributed by atoms with E-state index in [1.807, 2.05) is 0 Å². The number of benzene rings is 2. The first-order chi connectivity index (χ1) is 14.7. The van der Waals surface area contributed by atoms with Gasteiger partial charge < -0.3 is 9.15 Å². The number of hydrogen-bond donors (Lipinski definition) is 0. The van der Waals surface area contributed by atoms with Crippen molar-refractivity contribution in [2.75, 3.05) is 0 Å². The highest BCUT2D eigenvalue weighted by atomic mass is 32.2. The Balaban J connectivity index is 1.84. The normalized spacial score (nSPS) is 11.8. The van der Waals surface area contributed by atoms with Gasteiger partial charge in [0.1, 0.15) is 11.3 Å². The highest BCUT2D eigenvalue weighted by molar-refractivity contribution is 7.92. The summed E-state index contributed by atoms with van der Waals surface area (Å²) in [7, 11) is 0. The Bertz CT molecular complexity index is 1390. The van der Waals surface area contributed by atoms with Gasteiger partial charge in [0.25, 0.3) is 5.56 Å². The van der Waals surface area contributed by atoms with Gasteiger partial charge in [-0.1, -0.05) is 12.1 Å². The number of halogens is 4. The number of nitrogens with zero attached hydrogens (tertiary/aromatic N) is 2. The molecule has 160 valence electrons. The molecule has 0 aliphatic heterocycles. The number of hydrogen-bond acceptors (Lipinski definition) is 5. The number of fused-ring (bicyclic) bond motifs is 1. The second kappa shape index (κ2) is 7.65. The molecule has 0 amide bonds. The van der Waals surface area contributed by atoms with Gasteiger partial charge in [0, 0.05) is 29.1 Å². The Morgan fingerprint density at radius 3 is 2.39 bits per heavy atom. The van der Waals surface area contributed by atoms with Gasteiger partial charge in [-0.15, -0.1) is 17.1 Å². The monoisotopic (exact) mass is 452 g/mol. The Hall–Kier alpha value is -3.47. The third-order valence-electron chi connectivity index (χ3n) is 4.54. The van der Waals surface area contributed by atoms with Crippen LogP contribution >= 0.6 is 12.3 Å². The smallest absolute Gasteiger partial charge is 0.406 e. The van der Waals surface area contributed by atoms with Crippen molar-refractivity contribution < 1.29 is 26.2 Å². The zero-order valence-electron chi connectivity index (χ0n) is 15.6. The molecule has 2 aromatic carbocycles. The molecular formula is C20H12F4N2O4S. The molecule has 0 fully saturated rings. The standard InChI is InChI=1S/C20H12F4N2O4S/c1-11-9-17(27)25(12-5-7-13(8-6-12)30-20(21,22)23)10-15(11)14-3-2-4-16-18(14)29-19(28)26(16)31-24/h2-10H,1H3.